The van der Waals surface area contributed by atoms with Crippen molar-refractivity contribution < 1.29 is 48.4 Å². The highest BCUT2D eigenvalue weighted by molar-refractivity contribution is 6.23. The number of primary amides is 1. The van der Waals surface area contributed by atoms with Crippen molar-refractivity contribution in [3.05, 3.63) is 94.4 Å². The lowest BCUT2D eigenvalue weighted by atomic mass is 9.85. The van der Waals surface area contributed by atoms with Crippen LogP contribution in [0, 0.1) is 11.8 Å². The van der Waals surface area contributed by atoms with E-state index in [1.807, 2.05) is 6.92 Å². The van der Waals surface area contributed by atoms with E-state index >= 15 is 0 Å². The van der Waals surface area contributed by atoms with E-state index in [9.17, 15) is 34.2 Å². The van der Waals surface area contributed by atoms with Crippen molar-refractivity contribution in [3.8, 4) is 5.75 Å². The molecule has 14 nitrogen and oxygen atoms in total. The van der Waals surface area contributed by atoms with Crippen LogP contribution in [0.15, 0.2) is 88.8 Å². The molecule has 14 heteroatoms. The van der Waals surface area contributed by atoms with Crippen LogP contribution >= 0.6 is 0 Å². The summed E-state index contributed by atoms with van der Waals surface area (Å²) < 4.78 is 16.7. The third-order valence-corrected chi connectivity index (χ3v) is 9.32. The van der Waals surface area contributed by atoms with E-state index in [2.05, 4.69) is 16.0 Å². The molecular formula is C41H54N4O10. The molecule has 0 spiro atoms. The van der Waals surface area contributed by atoms with Gasteiger partial charge in [-0.2, -0.15) is 0 Å². The highest BCUT2D eigenvalue weighted by Crippen LogP contribution is 2.29. The Kier molecular flexibility index (Phi) is 17.3. The Morgan fingerprint density at radius 1 is 1.04 bits per heavy atom. The predicted octanol–water partition coefficient (Wildman–Crippen LogP) is 3.67. The van der Waals surface area contributed by atoms with E-state index in [1.165, 1.54) is 51.5 Å². The SMILES string of the molecule is CO[C@H]1/C=C\C=C(/C)C(=O)NC2=CC(=O)C(NCCCCNC(=O)/C=C/c3ccc(O)cc3)=C(C[C@@H](C)C[C@H](OC)[C@H](O)[C@@H](C)/C=C(\C)[C@@H]1OC(N)=O)C2=O. The number of ketones is 2. The molecule has 0 saturated carbocycles. The van der Waals surface area contributed by atoms with Gasteiger partial charge in [-0.3, -0.25) is 19.2 Å². The number of carbonyl (C=O) groups is 5. The van der Waals surface area contributed by atoms with E-state index in [1.54, 1.807) is 44.2 Å². The van der Waals surface area contributed by atoms with Gasteiger partial charge in [0, 0.05) is 56.5 Å². The van der Waals surface area contributed by atoms with Gasteiger partial charge in [0.25, 0.3) is 5.91 Å². The minimum Gasteiger partial charge on any atom is -0.508 e. The molecule has 3 amide bonds. The number of aliphatic hydroxyl groups excluding tert-OH is 1. The molecule has 0 saturated heterocycles. The average molecular weight is 763 g/mol. The molecule has 0 aromatic heterocycles. The lowest BCUT2D eigenvalue weighted by Crippen LogP contribution is -2.38. The van der Waals surface area contributed by atoms with Gasteiger partial charge in [-0.25, -0.2) is 4.79 Å². The molecule has 1 aliphatic heterocycles. The summed E-state index contributed by atoms with van der Waals surface area (Å²) in [5.74, 6) is -2.48. The number of Topliss-reactive ketones (excluding diaryl/α,β-unsaturated/α-hetero) is 1. The minimum atomic E-state index is -1.02. The number of carbonyl (C=O) groups excluding carboxylic acids is 5. The van der Waals surface area contributed by atoms with Gasteiger partial charge in [-0.1, -0.05) is 50.3 Å². The Hall–Kier alpha value is -5.31. The van der Waals surface area contributed by atoms with Crippen LogP contribution in [0.1, 0.15) is 58.9 Å². The smallest absolute Gasteiger partial charge is 0.405 e. The number of nitrogens with two attached hydrogens (primary N) is 1. The number of phenols is 1. The number of aliphatic hydroxyl groups is 1. The number of ether oxygens (including phenoxy) is 3. The summed E-state index contributed by atoms with van der Waals surface area (Å²) in [6.45, 7) is 7.65. The zero-order chi connectivity index (χ0) is 40.7. The normalized spacial score (nSPS) is 27.0. The van der Waals surface area contributed by atoms with E-state index in [4.69, 9.17) is 19.9 Å². The van der Waals surface area contributed by atoms with Crippen molar-refractivity contribution in [2.75, 3.05) is 27.3 Å². The number of amides is 3. The summed E-state index contributed by atoms with van der Waals surface area (Å²) in [5, 5.41) is 29.3. The Morgan fingerprint density at radius 2 is 1.73 bits per heavy atom. The highest BCUT2D eigenvalue weighted by atomic mass is 16.6. The molecule has 0 fully saturated rings. The standard InChI is InChI=1S/C41H54N4O10/c1-24-20-30-36(44-19-8-7-18-43-35(48)17-14-28-12-15-29(46)16-13-28)32(47)23-31(38(30)50)45-40(51)25(2)10-9-11-33(53-5)39(55-41(42)52)27(4)22-26(3)37(49)34(21-24)54-6/h9-17,22-24,26,33-34,37,39,44,46,49H,7-8,18-21H2,1-6H3,(H2,42,52)(H,43,48)(H,45,51)/b11-9-,17-14+,25-10+,27-22+/t24-,26+,33+,34+,37-,39+/m1/s1. The van der Waals surface area contributed by atoms with Crippen molar-refractivity contribution in [2.45, 2.75) is 77.8 Å². The molecular weight excluding hydrogens is 708 g/mol. The quantitative estimate of drug-likeness (QED) is 0.0828. The number of benzene rings is 1. The summed E-state index contributed by atoms with van der Waals surface area (Å²) in [6.07, 6.45) is 7.66. The molecule has 0 unspecified atom stereocenters. The van der Waals surface area contributed by atoms with Crippen molar-refractivity contribution in [1.82, 2.24) is 16.0 Å². The summed E-state index contributed by atoms with van der Waals surface area (Å²) in [4.78, 5) is 64.7. The molecule has 2 aliphatic rings. The number of unbranched alkanes of at least 4 members (excludes halogenated alkanes) is 1. The molecule has 55 heavy (non-hydrogen) atoms. The molecule has 6 atom stereocenters. The second kappa shape index (κ2) is 21.5. The monoisotopic (exact) mass is 762 g/mol. The van der Waals surface area contributed by atoms with Crippen molar-refractivity contribution in [1.29, 1.82) is 0 Å². The Morgan fingerprint density at radius 3 is 2.38 bits per heavy atom. The molecule has 1 aromatic rings. The van der Waals surface area contributed by atoms with Crippen LogP contribution in [-0.4, -0.2) is 91.4 Å². The van der Waals surface area contributed by atoms with Crippen LogP contribution in [0.3, 0.4) is 0 Å². The molecule has 298 valence electrons. The summed E-state index contributed by atoms with van der Waals surface area (Å²) >= 11 is 0. The Labute approximate surface area is 322 Å². The second-order valence-electron chi connectivity index (χ2n) is 13.8. The number of rotatable bonds is 11. The van der Waals surface area contributed by atoms with Crippen molar-refractivity contribution >= 4 is 35.6 Å². The highest BCUT2D eigenvalue weighted by Gasteiger charge is 2.33. The first-order valence-electron chi connectivity index (χ1n) is 18.2. The minimum absolute atomic E-state index is 0.129. The second-order valence-corrected chi connectivity index (χ2v) is 13.8. The van der Waals surface area contributed by atoms with Crippen molar-refractivity contribution in [2.24, 2.45) is 17.6 Å². The summed E-state index contributed by atoms with van der Waals surface area (Å²) in [5.41, 5.74) is 7.09. The summed E-state index contributed by atoms with van der Waals surface area (Å²) in [7, 11) is 2.90. The predicted molar refractivity (Wildman–Crippen MR) is 207 cm³/mol. The van der Waals surface area contributed by atoms with Gasteiger partial charge in [-0.15, -0.1) is 0 Å². The average Bonchev–Trinajstić information content (AvgIpc) is 3.14. The Balaban J connectivity index is 1.82. The third kappa shape index (κ3) is 13.5. The van der Waals surface area contributed by atoms with Gasteiger partial charge >= 0.3 is 6.09 Å². The first-order valence-corrected chi connectivity index (χ1v) is 18.2. The lowest BCUT2D eigenvalue weighted by molar-refractivity contribution is -0.120. The first kappa shape index (κ1) is 44.1. The molecule has 2 bridgehead atoms. The number of methoxy groups -OCH3 is 2. The van der Waals surface area contributed by atoms with Crippen LogP contribution in [-0.2, 0) is 33.4 Å². The zero-order valence-corrected chi connectivity index (χ0v) is 32.3. The maximum atomic E-state index is 13.9. The van der Waals surface area contributed by atoms with Gasteiger partial charge in [0.1, 0.15) is 11.9 Å². The van der Waals surface area contributed by atoms with Gasteiger partial charge in [-0.05, 0) is 74.8 Å². The molecule has 7 N–H and O–H groups in total. The zero-order valence-electron chi connectivity index (χ0n) is 32.3. The van der Waals surface area contributed by atoms with Gasteiger partial charge in [0.2, 0.25) is 17.5 Å². The number of fused-ring (bicyclic) bond motifs is 2. The number of nitrogens with one attached hydrogen (secondary N) is 3. The van der Waals surface area contributed by atoms with Crippen LogP contribution in [0.5, 0.6) is 5.75 Å². The van der Waals surface area contributed by atoms with Crippen LogP contribution in [0.2, 0.25) is 0 Å². The maximum Gasteiger partial charge on any atom is 0.405 e. The maximum absolute atomic E-state index is 13.9. The summed E-state index contributed by atoms with van der Waals surface area (Å²) in [6, 6.07) is 6.44. The van der Waals surface area contributed by atoms with Crippen LogP contribution < -0.4 is 21.7 Å². The molecule has 0 radical (unpaired) electrons. The van der Waals surface area contributed by atoms with E-state index in [-0.39, 0.29) is 46.5 Å². The van der Waals surface area contributed by atoms with Gasteiger partial charge < -0.3 is 46.1 Å². The fourth-order valence-corrected chi connectivity index (χ4v) is 6.27. The largest absolute Gasteiger partial charge is 0.508 e. The molecule has 1 aliphatic carbocycles. The first-order chi connectivity index (χ1) is 26.1. The topological polar surface area (TPSA) is 216 Å². The molecule has 1 aromatic carbocycles. The number of hydrogen-bond donors (Lipinski definition) is 6. The van der Waals surface area contributed by atoms with E-state index in [0.717, 1.165) is 11.6 Å². The fraction of sp³-hybridized carbons (Fsp3) is 0.439. The number of allylic oxidation sites excluding steroid dienone is 4. The van der Waals surface area contributed by atoms with Crippen LogP contribution in [0.25, 0.3) is 6.08 Å². The third-order valence-electron chi connectivity index (χ3n) is 9.32. The number of aromatic hydroxyl groups is 1. The fourth-order valence-electron chi connectivity index (χ4n) is 6.27. The van der Waals surface area contributed by atoms with E-state index < -0.39 is 53.9 Å². The van der Waals surface area contributed by atoms with Gasteiger partial charge in [0.15, 0.2) is 6.10 Å². The van der Waals surface area contributed by atoms with Crippen molar-refractivity contribution in [3.63, 3.8) is 0 Å². The number of hydrogen-bond acceptors (Lipinski definition) is 11. The Bertz CT molecular complexity index is 1740. The molecule has 3 rings (SSSR count). The van der Waals surface area contributed by atoms with E-state index in [0.29, 0.717) is 37.9 Å². The lowest BCUT2D eigenvalue weighted by Gasteiger charge is -2.30. The van der Waals surface area contributed by atoms with Gasteiger partial charge in [0.05, 0.1) is 23.6 Å². The molecule has 1 heterocycles. The number of phenolic OH excluding ortho intramolecular Hbond substituents is 1. The van der Waals surface area contributed by atoms with Crippen LogP contribution in [0.4, 0.5) is 4.79 Å².